The molecule has 2 aromatic heterocycles. The number of fused-ring (bicyclic) bond motifs is 1. The molecule has 0 bridgehead atoms. The lowest BCUT2D eigenvalue weighted by atomic mass is 10.00. The summed E-state index contributed by atoms with van der Waals surface area (Å²) < 4.78 is 68.2. The van der Waals surface area contributed by atoms with Gasteiger partial charge in [0.15, 0.2) is 5.82 Å². The van der Waals surface area contributed by atoms with Gasteiger partial charge in [0.05, 0.1) is 6.20 Å². The fourth-order valence-electron chi connectivity index (χ4n) is 3.55. The minimum Gasteiger partial charge on any atom is -0.768 e. The van der Waals surface area contributed by atoms with E-state index in [0.717, 1.165) is 37.7 Å². The molecule has 1 fully saturated rings. The van der Waals surface area contributed by atoms with Crippen molar-refractivity contribution >= 4 is 27.9 Å². The first-order valence-corrected chi connectivity index (χ1v) is 11.5. The Labute approximate surface area is 195 Å². The van der Waals surface area contributed by atoms with Crippen molar-refractivity contribution in [2.45, 2.75) is 37.6 Å². The van der Waals surface area contributed by atoms with E-state index in [1.54, 1.807) is 12.1 Å². The molecular formula is C21H23F4N6O2S-. The molecule has 1 aliphatic heterocycles. The van der Waals surface area contributed by atoms with E-state index >= 15 is 0 Å². The van der Waals surface area contributed by atoms with Crippen molar-refractivity contribution in [3.8, 4) is 11.3 Å². The Hall–Kier alpha value is -2.74. The Balaban J connectivity index is 0.000000481. The maximum Gasteiger partial charge on any atom is 0.299 e. The molecule has 0 saturated carbocycles. The summed E-state index contributed by atoms with van der Waals surface area (Å²) in [4.78, 5) is 12.5. The third-order valence-corrected chi connectivity index (χ3v) is 5.45. The van der Waals surface area contributed by atoms with Crippen molar-refractivity contribution in [2.24, 2.45) is 5.73 Å². The van der Waals surface area contributed by atoms with Gasteiger partial charge in [0.1, 0.15) is 17.0 Å². The molecule has 2 atom stereocenters. The number of hydrogen-bond donors (Lipinski definition) is 3. The highest BCUT2D eigenvalue weighted by molar-refractivity contribution is 7.79. The number of pyridine rings is 1. The van der Waals surface area contributed by atoms with Gasteiger partial charge < -0.3 is 20.9 Å². The van der Waals surface area contributed by atoms with Crippen molar-refractivity contribution in [1.29, 1.82) is 0 Å². The summed E-state index contributed by atoms with van der Waals surface area (Å²) in [6, 6.07) is 4.59. The van der Waals surface area contributed by atoms with Gasteiger partial charge in [-0.05, 0) is 56.6 Å². The minimum absolute atomic E-state index is 0.0479. The van der Waals surface area contributed by atoms with Gasteiger partial charge in [0.2, 0.25) is 5.95 Å². The molecular weight excluding hydrogens is 476 g/mol. The highest BCUT2D eigenvalue weighted by atomic mass is 32.2. The molecule has 1 aliphatic rings. The molecule has 0 spiro atoms. The van der Waals surface area contributed by atoms with E-state index in [1.165, 1.54) is 12.3 Å². The van der Waals surface area contributed by atoms with E-state index in [1.807, 2.05) is 6.92 Å². The van der Waals surface area contributed by atoms with Crippen LogP contribution in [0, 0.1) is 11.6 Å². The zero-order valence-corrected chi connectivity index (χ0v) is 18.9. The molecule has 4 N–H and O–H groups in total. The Kier molecular flexibility index (Phi) is 8.83. The highest BCUT2D eigenvalue weighted by Gasteiger charge is 2.18. The van der Waals surface area contributed by atoms with Gasteiger partial charge in [0, 0.05) is 40.3 Å². The van der Waals surface area contributed by atoms with E-state index in [0.29, 0.717) is 16.9 Å². The summed E-state index contributed by atoms with van der Waals surface area (Å²) in [6.07, 6.45) is 4.51. The van der Waals surface area contributed by atoms with Gasteiger partial charge in [-0.3, -0.25) is 9.19 Å². The van der Waals surface area contributed by atoms with Crippen LogP contribution in [0.5, 0.6) is 0 Å². The van der Waals surface area contributed by atoms with Gasteiger partial charge in [-0.25, -0.2) is 18.7 Å². The summed E-state index contributed by atoms with van der Waals surface area (Å²) in [6.45, 7) is 3.63. The molecule has 2 unspecified atom stereocenters. The van der Waals surface area contributed by atoms with E-state index in [4.69, 9.17) is 14.5 Å². The number of nitrogens with one attached hydrogen (secondary N) is 2. The zero-order valence-electron chi connectivity index (χ0n) is 18.1. The lowest BCUT2D eigenvalue weighted by molar-refractivity contribution is 0.229. The maximum absolute atomic E-state index is 14.7. The molecule has 0 amide bonds. The topological polar surface area (TPSA) is 129 Å². The molecule has 184 valence electrons. The molecule has 3 heterocycles. The average molecular weight is 500 g/mol. The second-order valence-corrected chi connectivity index (χ2v) is 8.50. The lowest BCUT2D eigenvalue weighted by Gasteiger charge is -2.23. The summed E-state index contributed by atoms with van der Waals surface area (Å²) in [5.41, 5.74) is 7.34. The molecule has 1 aromatic carbocycles. The van der Waals surface area contributed by atoms with Crippen LogP contribution >= 0.6 is 0 Å². The van der Waals surface area contributed by atoms with Crippen molar-refractivity contribution in [2.75, 3.05) is 18.4 Å². The van der Waals surface area contributed by atoms with Crippen LogP contribution < -0.4 is 16.4 Å². The van der Waals surface area contributed by atoms with Crippen molar-refractivity contribution in [3.05, 3.63) is 47.8 Å². The van der Waals surface area contributed by atoms with Crippen LogP contribution in [0.15, 0.2) is 30.6 Å². The van der Waals surface area contributed by atoms with Gasteiger partial charge in [-0.15, -0.1) is 0 Å². The van der Waals surface area contributed by atoms with Crippen molar-refractivity contribution < 1.29 is 26.3 Å². The average Bonchev–Trinajstić information content (AvgIpc) is 2.81. The van der Waals surface area contributed by atoms with Crippen LogP contribution in [0.25, 0.3) is 22.2 Å². The van der Waals surface area contributed by atoms with Crippen LogP contribution in [0.2, 0.25) is 0 Å². The van der Waals surface area contributed by atoms with Crippen LogP contribution in [0.3, 0.4) is 0 Å². The van der Waals surface area contributed by atoms with Crippen LogP contribution in [-0.4, -0.2) is 48.6 Å². The summed E-state index contributed by atoms with van der Waals surface area (Å²) in [7, 11) is 0. The number of anilines is 1. The number of benzene rings is 1. The standard InChI is InChI=1S/C20H22F2N6.CH2F2O2S/c1-11(23)14-4-7-25-19-15(14)8-12(9-16(19)21)18-17(22)10-26-20(28-18)27-13-2-5-24-6-3-13;2-1(3)6(4)5/h4,7-11,13,24H,2-3,5-6,23H2,1H3,(H,26,27,28);1H,(H,4,5)/p-1. The number of alkyl halides is 2. The van der Waals surface area contributed by atoms with E-state index in [9.17, 15) is 17.6 Å². The Morgan fingerprint density at radius 2 is 1.88 bits per heavy atom. The number of nitrogens with zero attached hydrogens (tertiary/aromatic N) is 3. The van der Waals surface area contributed by atoms with Crippen LogP contribution in [-0.2, 0) is 11.1 Å². The highest BCUT2D eigenvalue weighted by Crippen LogP contribution is 2.30. The lowest BCUT2D eigenvalue weighted by Crippen LogP contribution is -2.35. The fraction of sp³-hybridized carbons (Fsp3) is 0.381. The number of halogens is 4. The van der Waals surface area contributed by atoms with Crippen LogP contribution in [0.1, 0.15) is 31.4 Å². The summed E-state index contributed by atoms with van der Waals surface area (Å²) >= 11 is -3.20. The summed E-state index contributed by atoms with van der Waals surface area (Å²) in [5, 5.41) is 7.08. The number of rotatable bonds is 5. The number of hydrogen-bond acceptors (Lipinski definition) is 8. The molecule has 1 saturated heterocycles. The predicted molar refractivity (Wildman–Crippen MR) is 120 cm³/mol. The Morgan fingerprint density at radius 1 is 1.21 bits per heavy atom. The minimum atomic E-state index is -3.23. The molecule has 0 aliphatic carbocycles. The monoisotopic (exact) mass is 499 g/mol. The first-order valence-electron chi connectivity index (χ1n) is 10.4. The molecule has 8 nitrogen and oxygen atoms in total. The Morgan fingerprint density at radius 3 is 2.50 bits per heavy atom. The third-order valence-electron chi connectivity index (χ3n) is 5.16. The van der Waals surface area contributed by atoms with Crippen molar-refractivity contribution in [3.63, 3.8) is 0 Å². The van der Waals surface area contributed by atoms with Gasteiger partial charge in [0.25, 0.3) is 5.76 Å². The molecule has 3 aromatic rings. The first-order chi connectivity index (χ1) is 16.2. The van der Waals surface area contributed by atoms with Gasteiger partial charge in [-0.2, -0.15) is 8.78 Å². The van der Waals surface area contributed by atoms with E-state index in [-0.39, 0.29) is 23.3 Å². The smallest absolute Gasteiger partial charge is 0.299 e. The SMILES string of the molecule is CC(N)c1ccnc2c(F)cc(-c3nc(NC4CCNCC4)ncc3F)cc12.O=S([O-])C(F)F. The molecule has 0 radical (unpaired) electrons. The number of piperidine rings is 1. The molecule has 4 rings (SSSR count). The fourth-order valence-corrected chi connectivity index (χ4v) is 3.55. The van der Waals surface area contributed by atoms with E-state index < -0.39 is 28.5 Å². The maximum atomic E-state index is 14.7. The third kappa shape index (κ3) is 6.44. The Bertz CT molecular complexity index is 1160. The van der Waals surface area contributed by atoms with Gasteiger partial charge >= 0.3 is 0 Å². The zero-order chi connectivity index (χ0) is 24.8. The normalized spacial score (nSPS) is 16.1. The van der Waals surface area contributed by atoms with Crippen LogP contribution in [0.4, 0.5) is 23.5 Å². The first kappa shape index (κ1) is 25.9. The second-order valence-electron chi connectivity index (χ2n) is 7.62. The second kappa shape index (κ2) is 11.6. The quantitative estimate of drug-likeness (QED) is 0.361. The largest absolute Gasteiger partial charge is 0.768 e. The van der Waals surface area contributed by atoms with Crippen molar-refractivity contribution in [1.82, 2.24) is 20.3 Å². The molecule has 13 heteroatoms. The molecule has 34 heavy (non-hydrogen) atoms. The number of aromatic nitrogens is 3. The van der Waals surface area contributed by atoms with Gasteiger partial charge in [-0.1, -0.05) is 0 Å². The predicted octanol–water partition coefficient (Wildman–Crippen LogP) is 3.24. The van der Waals surface area contributed by atoms with E-state index in [2.05, 4.69) is 25.6 Å². The number of nitrogens with two attached hydrogens (primary N) is 1. The summed E-state index contributed by atoms with van der Waals surface area (Å²) in [5.74, 6) is -4.05.